The molecule has 0 spiro atoms. The van der Waals surface area contributed by atoms with Gasteiger partial charge < -0.3 is 5.11 Å². The van der Waals surface area contributed by atoms with Gasteiger partial charge in [0.1, 0.15) is 0 Å². The van der Waals surface area contributed by atoms with Crippen molar-refractivity contribution in [3.05, 3.63) is 34.3 Å². The van der Waals surface area contributed by atoms with Crippen LogP contribution in [0.3, 0.4) is 0 Å². The largest absolute Gasteiger partial charge is 0.385 e. The van der Waals surface area contributed by atoms with Crippen LogP contribution in [0.5, 0.6) is 0 Å². The minimum absolute atomic E-state index is 0.392. The lowest BCUT2D eigenvalue weighted by Crippen LogP contribution is -2.32. The zero-order chi connectivity index (χ0) is 12.3. The van der Waals surface area contributed by atoms with Gasteiger partial charge in [0.15, 0.2) is 0 Å². The molecule has 0 amide bonds. The van der Waals surface area contributed by atoms with Gasteiger partial charge in [0.05, 0.1) is 5.60 Å². The van der Waals surface area contributed by atoms with Gasteiger partial charge in [0.25, 0.3) is 0 Å². The fourth-order valence-corrected chi connectivity index (χ4v) is 3.62. The normalized spacial score (nSPS) is 21.8. The van der Waals surface area contributed by atoms with Gasteiger partial charge in [-0.1, -0.05) is 59.8 Å². The van der Waals surface area contributed by atoms with E-state index in [0.29, 0.717) is 5.92 Å². The molecule has 1 aliphatic rings. The highest BCUT2D eigenvalue weighted by atomic mass is 79.9. The average molecular weight is 297 g/mol. The van der Waals surface area contributed by atoms with Gasteiger partial charge >= 0.3 is 0 Å². The Labute approximate surface area is 112 Å². The summed E-state index contributed by atoms with van der Waals surface area (Å²) >= 11 is 3.56. The molecule has 1 fully saturated rings. The predicted molar refractivity (Wildman–Crippen MR) is 74.9 cm³/mol. The van der Waals surface area contributed by atoms with E-state index in [0.717, 1.165) is 22.9 Å². The summed E-state index contributed by atoms with van der Waals surface area (Å²) in [5.74, 6) is 0.392. The van der Waals surface area contributed by atoms with Crippen LogP contribution in [0.15, 0.2) is 28.7 Å². The molecule has 1 N–H and O–H groups in total. The molecule has 0 bridgehead atoms. The first-order chi connectivity index (χ1) is 8.12. The molecule has 1 aliphatic carbocycles. The van der Waals surface area contributed by atoms with E-state index in [1.807, 2.05) is 31.2 Å². The molecule has 0 radical (unpaired) electrons. The third kappa shape index (κ3) is 2.92. The minimum Gasteiger partial charge on any atom is -0.385 e. The van der Waals surface area contributed by atoms with Crippen molar-refractivity contribution in [3.8, 4) is 0 Å². The molecule has 2 heteroatoms. The van der Waals surface area contributed by atoms with Crippen molar-refractivity contribution in [3.63, 3.8) is 0 Å². The number of rotatable bonds is 2. The van der Waals surface area contributed by atoms with Crippen molar-refractivity contribution in [2.45, 2.75) is 51.0 Å². The van der Waals surface area contributed by atoms with Crippen LogP contribution in [0.2, 0.25) is 0 Å². The van der Waals surface area contributed by atoms with E-state index in [1.165, 1.54) is 25.7 Å². The number of halogens is 1. The third-order valence-electron chi connectivity index (χ3n) is 4.07. The van der Waals surface area contributed by atoms with E-state index in [9.17, 15) is 5.11 Å². The second kappa shape index (κ2) is 5.53. The summed E-state index contributed by atoms with van der Waals surface area (Å²) in [5.41, 5.74) is 0.330. The van der Waals surface area contributed by atoms with E-state index >= 15 is 0 Å². The highest BCUT2D eigenvalue weighted by Gasteiger charge is 2.34. The number of hydrogen-bond donors (Lipinski definition) is 1. The topological polar surface area (TPSA) is 20.2 Å². The maximum Gasteiger partial charge on any atom is 0.0907 e. The van der Waals surface area contributed by atoms with Crippen molar-refractivity contribution in [2.75, 3.05) is 0 Å². The van der Waals surface area contributed by atoms with E-state index < -0.39 is 5.60 Å². The standard InChI is InChI=1S/C15H21BrO/c1-15(17,12-8-4-2-3-5-9-12)13-10-6-7-11-14(13)16/h6-7,10-12,17H,2-5,8-9H2,1H3. The van der Waals surface area contributed by atoms with Crippen molar-refractivity contribution in [1.29, 1.82) is 0 Å². The Morgan fingerprint density at radius 2 is 1.71 bits per heavy atom. The second-order valence-electron chi connectivity index (χ2n) is 5.32. The van der Waals surface area contributed by atoms with Gasteiger partial charge in [-0.05, 0) is 37.3 Å². The van der Waals surface area contributed by atoms with Crippen LogP contribution >= 0.6 is 15.9 Å². The molecule has 0 aliphatic heterocycles. The molecule has 0 saturated heterocycles. The summed E-state index contributed by atoms with van der Waals surface area (Å²) in [6.07, 6.45) is 7.45. The number of hydrogen-bond acceptors (Lipinski definition) is 1. The van der Waals surface area contributed by atoms with Crippen LogP contribution in [-0.2, 0) is 5.60 Å². The summed E-state index contributed by atoms with van der Waals surface area (Å²) in [6.45, 7) is 1.98. The Bertz CT molecular complexity index is 365. The molecule has 1 saturated carbocycles. The molecular weight excluding hydrogens is 276 g/mol. The van der Waals surface area contributed by atoms with E-state index in [1.54, 1.807) is 0 Å². The summed E-state index contributed by atoms with van der Waals surface area (Å²) in [6, 6.07) is 8.05. The van der Waals surface area contributed by atoms with Gasteiger partial charge in [0, 0.05) is 4.47 Å². The van der Waals surface area contributed by atoms with Gasteiger partial charge in [-0.2, -0.15) is 0 Å². The molecule has 94 valence electrons. The summed E-state index contributed by atoms with van der Waals surface area (Å²) in [5, 5.41) is 10.9. The zero-order valence-corrected chi connectivity index (χ0v) is 12.0. The monoisotopic (exact) mass is 296 g/mol. The first-order valence-electron chi connectivity index (χ1n) is 6.60. The molecule has 17 heavy (non-hydrogen) atoms. The SMILES string of the molecule is CC(O)(c1ccccc1Br)C1CCCCCC1. The minimum atomic E-state index is -0.704. The first kappa shape index (κ1) is 13.1. The molecule has 1 unspecified atom stereocenters. The lowest BCUT2D eigenvalue weighted by Gasteiger charge is -2.33. The second-order valence-corrected chi connectivity index (χ2v) is 6.17. The predicted octanol–water partition coefficient (Wildman–Crippen LogP) is 4.63. The third-order valence-corrected chi connectivity index (χ3v) is 4.76. The van der Waals surface area contributed by atoms with E-state index in [-0.39, 0.29) is 0 Å². The van der Waals surface area contributed by atoms with Crippen molar-refractivity contribution >= 4 is 15.9 Å². The van der Waals surface area contributed by atoms with Gasteiger partial charge in [0.2, 0.25) is 0 Å². The Morgan fingerprint density at radius 3 is 2.29 bits per heavy atom. The summed E-state index contributed by atoms with van der Waals surface area (Å²) in [4.78, 5) is 0. The smallest absolute Gasteiger partial charge is 0.0907 e. The number of benzene rings is 1. The lowest BCUT2D eigenvalue weighted by atomic mass is 9.78. The summed E-state index contributed by atoms with van der Waals surface area (Å²) < 4.78 is 1.02. The molecule has 1 aromatic carbocycles. The number of aliphatic hydroxyl groups is 1. The fraction of sp³-hybridized carbons (Fsp3) is 0.600. The van der Waals surface area contributed by atoms with Gasteiger partial charge in [-0.15, -0.1) is 0 Å². The van der Waals surface area contributed by atoms with Crippen LogP contribution in [-0.4, -0.2) is 5.11 Å². The lowest BCUT2D eigenvalue weighted by molar-refractivity contribution is -0.0132. The molecule has 2 rings (SSSR count). The quantitative estimate of drug-likeness (QED) is 0.789. The maximum absolute atomic E-state index is 10.9. The van der Waals surface area contributed by atoms with Crippen LogP contribution in [0.25, 0.3) is 0 Å². The molecular formula is C15H21BrO. The highest BCUT2D eigenvalue weighted by molar-refractivity contribution is 9.10. The van der Waals surface area contributed by atoms with Gasteiger partial charge in [-0.25, -0.2) is 0 Å². The highest BCUT2D eigenvalue weighted by Crippen LogP contribution is 2.40. The Balaban J connectivity index is 2.25. The Hall–Kier alpha value is -0.340. The molecule has 1 nitrogen and oxygen atoms in total. The Kier molecular flexibility index (Phi) is 4.26. The average Bonchev–Trinajstić information content (AvgIpc) is 2.58. The molecule has 1 aromatic rings. The van der Waals surface area contributed by atoms with Crippen molar-refractivity contribution in [1.82, 2.24) is 0 Å². The fourth-order valence-electron chi connectivity index (χ4n) is 2.93. The zero-order valence-electron chi connectivity index (χ0n) is 10.5. The van der Waals surface area contributed by atoms with Crippen molar-refractivity contribution < 1.29 is 5.11 Å². The van der Waals surface area contributed by atoms with Crippen LogP contribution < -0.4 is 0 Å². The van der Waals surface area contributed by atoms with E-state index in [4.69, 9.17) is 0 Å². The first-order valence-corrected chi connectivity index (χ1v) is 7.39. The Morgan fingerprint density at radius 1 is 1.12 bits per heavy atom. The van der Waals surface area contributed by atoms with Crippen LogP contribution in [0.4, 0.5) is 0 Å². The van der Waals surface area contributed by atoms with Crippen LogP contribution in [0, 0.1) is 5.92 Å². The summed E-state index contributed by atoms with van der Waals surface area (Å²) in [7, 11) is 0. The molecule has 1 atom stereocenters. The van der Waals surface area contributed by atoms with Gasteiger partial charge in [-0.3, -0.25) is 0 Å². The van der Waals surface area contributed by atoms with Crippen molar-refractivity contribution in [2.24, 2.45) is 5.92 Å². The van der Waals surface area contributed by atoms with Crippen LogP contribution in [0.1, 0.15) is 51.0 Å². The maximum atomic E-state index is 10.9. The molecule has 0 heterocycles. The molecule has 0 aromatic heterocycles. The van der Waals surface area contributed by atoms with E-state index in [2.05, 4.69) is 15.9 Å².